The van der Waals surface area contributed by atoms with Crippen LogP contribution < -0.4 is 37.7 Å². The van der Waals surface area contributed by atoms with Gasteiger partial charge in [0, 0.05) is 0 Å². The summed E-state index contributed by atoms with van der Waals surface area (Å²) >= 11 is 0. The van der Waals surface area contributed by atoms with Gasteiger partial charge >= 0.3 is 37.7 Å². The molecule has 15 heavy (non-hydrogen) atoms. The van der Waals surface area contributed by atoms with E-state index in [-0.39, 0.29) is 48.8 Å². The second kappa shape index (κ2) is 6.92. The Kier molecular flexibility index (Phi) is 9.97. The fourth-order valence-corrected chi connectivity index (χ4v) is 5.00. The molecule has 0 radical (unpaired) electrons. The van der Waals surface area contributed by atoms with E-state index in [0.717, 1.165) is 0 Å². The van der Waals surface area contributed by atoms with Crippen molar-refractivity contribution in [3.63, 3.8) is 0 Å². The SMILES string of the molecule is CC(C)(C)[N-][Si](C)(C)[N-]C(C)(C)C.[Li+].[Li+]. The Hall–Kier alpha value is 1.33. The van der Waals surface area contributed by atoms with E-state index in [2.05, 4.69) is 54.6 Å². The maximum absolute atomic E-state index is 4.80. The molecule has 0 aliphatic heterocycles. The molecule has 0 fully saturated rings. The van der Waals surface area contributed by atoms with Crippen molar-refractivity contribution in [1.82, 2.24) is 0 Å². The third kappa shape index (κ3) is 15.3. The van der Waals surface area contributed by atoms with E-state index in [1.54, 1.807) is 0 Å². The van der Waals surface area contributed by atoms with E-state index in [0.29, 0.717) is 0 Å². The first-order valence-corrected chi connectivity index (χ1v) is 7.79. The van der Waals surface area contributed by atoms with Gasteiger partial charge in [0.1, 0.15) is 0 Å². The van der Waals surface area contributed by atoms with E-state index in [9.17, 15) is 0 Å². The van der Waals surface area contributed by atoms with Crippen molar-refractivity contribution in [1.29, 1.82) is 0 Å². The van der Waals surface area contributed by atoms with Crippen molar-refractivity contribution in [2.24, 2.45) is 0 Å². The Morgan fingerprint density at radius 3 is 1.00 bits per heavy atom. The van der Waals surface area contributed by atoms with E-state index in [4.69, 9.17) is 9.96 Å². The molecule has 0 aromatic rings. The normalized spacial score (nSPS) is 12.8. The van der Waals surface area contributed by atoms with Gasteiger partial charge in [-0.3, -0.25) is 0 Å². The van der Waals surface area contributed by atoms with Gasteiger partial charge in [0.15, 0.2) is 0 Å². The summed E-state index contributed by atoms with van der Waals surface area (Å²) in [5.74, 6) is 0. The summed E-state index contributed by atoms with van der Waals surface area (Å²) in [7, 11) is -1.72. The minimum Gasteiger partial charge on any atom is -0.675 e. The van der Waals surface area contributed by atoms with Crippen molar-refractivity contribution in [2.75, 3.05) is 0 Å². The van der Waals surface area contributed by atoms with Crippen LogP contribution in [-0.4, -0.2) is 19.5 Å². The molecule has 0 aliphatic rings. The number of hydrogen-bond acceptors (Lipinski definition) is 0. The summed E-state index contributed by atoms with van der Waals surface area (Å²) in [6.45, 7) is 17.2. The Morgan fingerprint density at radius 2 is 0.867 bits per heavy atom. The third-order valence-electron chi connectivity index (χ3n) is 1.22. The van der Waals surface area contributed by atoms with Crippen LogP contribution in [-0.2, 0) is 0 Å². The Bertz CT molecular complexity index is 153. The molecular weight excluding hydrogens is 190 g/mol. The molecular formula is C10H24Li2N2Si. The topological polar surface area (TPSA) is 28.2 Å². The summed E-state index contributed by atoms with van der Waals surface area (Å²) in [6.07, 6.45) is 0. The second-order valence-electron chi connectivity index (χ2n) is 6.06. The van der Waals surface area contributed by atoms with Gasteiger partial charge in [-0.15, -0.1) is 24.2 Å². The minimum atomic E-state index is -1.72. The fourth-order valence-electron chi connectivity index (χ4n) is 1.67. The van der Waals surface area contributed by atoms with Gasteiger partial charge in [-0.1, -0.05) is 41.5 Å². The number of nitrogens with zero attached hydrogens (tertiary/aromatic N) is 2. The van der Waals surface area contributed by atoms with Crippen LogP contribution in [0.1, 0.15) is 41.5 Å². The third-order valence-corrected chi connectivity index (χ3v) is 3.65. The average Bonchev–Trinajstić information content (AvgIpc) is 1.43. The van der Waals surface area contributed by atoms with Gasteiger partial charge in [0.2, 0.25) is 0 Å². The monoisotopic (exact) mass is 214 g/mol. The first-order valence-electron chi connectivity index (χ1n) is 4.89. The van der Waals surface area contributed by atoms with Crippen LogP contribution in [0.2, 0.25) is 13.1 Å². The molecule has 0 bridgehead atoms. The van der Waals surface area contributed by atoms with Gasteiger partial charge in [0.25, 0.3) is 0 Å². The van der Waals surface area contributed by atoms with Crippen molar-refractivity contribution in [2.45, 2.75) is 65.7 Å². The Labute approximate surface area is 121 Å². The van der Waals surface area contributed by atoms with E-state index in [1.165, 1.54) is 0 Å². The molecule has 0 atom stereocenters. The van der Waals surface area contributed by atoms with Crippen molar-refractivity contribution < 1.29 is 37.7 Å². The summed E-state index contributed by atoms with van der Waals surface area (Å²) < 4.78 is 0. The molecule has 0 saturated heterocycles. The summed E-state index contributed by atoms with van der Waals surface area (Å²) in [4.78, 5) is 9.60. The maximum Gasteiger partial charge on any atom is 1.00 e. The zero-order valence-electron chi connectivity index (χ0n) is 12.4. The van der Waals surface area contributed by atoms with Gasteiger partial charge in [-0.25, -0.2) is 0 Å². The zero-order valence-corrected chi connectivity index (χ0v) is 13.4. The van der Waals surface area contributed by atoms with Gasteiger partial charge < -0.3 is 9.96 Å². The van der Waals surface area contributed by atoms with Crippen molar-refractivity contribution >= 4 is 8.40 Å². The quantitative estimate of drug-likeness (QED) is 0.478. The molecule has 0 aromatic carbocycles. The second-order valence-corrected chi connectivity index (χ2v) is 9.50. The van der Waals surface area contributed by atoms with Crippen molar-refractivity contribution in [3.8, 4) is 0 Å². The molecule has 0 unspecified atom stereocenters. The predicted molar refractivity (Wildman–Crippen MR) is 63.7 cm³/mol. The van der Waals surface area contributed by atoms with Crippen LogP contribution in [0.25, 0.3) is 9.96 Å². The molecule has 0 heterocycles. The van der Waals surface area contributed by atoms with Crippen LogP contribution in [0.3, 0.4) is 0 Å². The number of rotatable bonds is 2. The Balaban J connectivity index is -0.000000720. The molecule has 0 aromatic heterocycles. The first-order chi connectivity index (χ1) is 5.41. The van der Waals surface area contributed by atoms with Gasteiger partial charge in [0.05, 0.1) is 0 Å². The minimum absolute atomic E-state index is 0. The maximum atomic E-state index is 4.80. The van der Waals surface area contributed by atoms with E-state index < -0.39 is 8.40 Å². The van der Waals surface area contributed by atoms with Gasteiger partial charge in [-0.2, -0.15) is 8.40 Å². The predicted octanol–water partition coefficient (Wildman–Crippen LogP) is -1.96. The fraction of sp³-hybridized carbons (Fsp3) is 1.00. The van der Waals surface area contributed by atoms with Crippen LogP contribution in [0, 0.1) is 0 Å². The summed E-state index contributed by atoms with van der Waals surface area (Å²) in [5, 5.41) is 0. The van der Waals surface area contributed by atoms with Crippen LogP contribution in [0.4, 0.5) is 0 Å². The Morgan fingerprint density at radius 1 is 0.667 bits per heavy atom. The molecule has 2 nitrogen and oxygen atoms in total. The molecule has 0 saturated carbocycles. The van der Waals surface area contributed by atoms with E-state index >= 15 is 0 Å². The molecule has 0 N–H and O–H groups in total. The van der Waals surface area contributed by atoms with Crippen LogP contribution >= 0.6 is 0 Å². The molecule has 5 heteroatoms. The molecule has 0 rings (SSSR count). The summed E-state index contributed by atoms with van der Waals surface area (Å²) in [5.41, 5.74) is 0.0922. The first kappa shape index (κ1) is 21.6. The van der Waals surface area contributed by atoms with Crippen LogP contribution in [0.15, 0.2) is 0 Å². The molecule has 0 aliphatic carbocycles. The average molecular weight is 214 g/mol. The zero-order chi connectivity index (χ0) is 10.9. The standard InChI is InChI=1S/C10H24N2Si.2Li/c1-9(2,3)11-13(7,8)12-10(4,5)6;;/h1-8H3;;/q-2;2*+1. The summed E-state index contributed by atoms with van der Waals surface area (Å²) in [6, 6.07) is 0. The largest absolute Gasteiger partial charge is 1.00 e. The van der Waals surface area contributed by atoms with Gasteiger partial charge in [-0.05, 0) is 0 Å². The van der Waals surface area contributed by atoms with Crippen molar-refractivity contribution in [3.05, 3.63) is 9.96 Å². The number of hydrogen-bond donors (Lipinski definition) is 0. The smallest absolute Gasteiger partial charge is 0.675 e. The van der Waals surface area contributed by atoms with Crippen LogP contribution in [0.5, 0.6) is 0 Å². The molecule has 0 spiro atoms. The molecule has 80 valence electrons. The van der Waals surface area contributed by atoms with E-state index in [1.807, 2.05) is 0 Å². The molecule has 0 amide bonds.